The van der Waals surface area contributed by atoms with E-state index in [1.807, 2.05) is 0 Å². The van der Waals surface area contributed by atoms with Crippen molar-refractivity contribution in [2.45, 2.75) is 12.3 Å². The summed E-state index contributed by atoms with van der Waals surface area (Å²) in [6, 6.07) is 0.990. The van der Waals surface area contributed by atoms with Gasteiger partial charge in [-0.2, -0.15) is 12.6 Å². The van der Waals surface area contributed by atoms with E-state index in [1.165, 1.54) is 0 Å². The molecule has 0 saturated carbocycles. The Balaban J connectivity index is 3.10. The molecule has 18 heavy (non-hydrogen) atoms. The van der Waals surface area contributed by atoms with Crippen molar-refractivity contribution >= 4 is 35.0 Å². The Morgan fingerprint density at radius 1 is 1.44 bits per heavy atom. The molecule has 0 bridgehead atoms. The van der Waals surface area contributed by atoms with E-state index >= 15 is 0 Å². The molecule has 3 N–H and O–H groups in total. The molecule has 0 radical (unpaired) electrons. The maximum absolute atomic E-state index is 12.1. The molecule has 6 nitrogen and oxygen atoms in total. The third kappa shape index (κ3) is 1.75. The predicted octanol–water partition coefficient (Wildman–Crippen LogP) is 1.20. The van der Waals surface area contributed by atoms with Crippen molar-refractivity contribution in [1.82, 2.24) is 9.78 Å². The van der Waals surface area contributed by atoms with Crippen LogP contribution in [-0.2, 0) is 0 Å². The lowest BCUT2D eigenvalue weighted by Gasteiger charge is -2.11. The molecule has 8 heteroatoms. The lowest BCUT2D eigenvalue weighted by molar-refractivity contribution is 0.405. The van der Waals surface area contributed by atoms with Crippen LogP contribution in [-0.4, -0.2) is 20.0 Å². The smallest absolute Gasteiger partial charge is 0.275 e. The molecule has 0 aliphatic rings. The number of aromatic amines is 1. The summed E-state index contributed by atoms with van der Waals surface area (Å²) in [5.74, 6) is -1.20. The van der Waals surface area contributed by atoms with Crippen molar-refractivity contribution in [2.75, 3.05) is 0 Å². The fraction of sp³-hybridized carbons (Fsp3) is 0.200. The molecular weight excluding hydrogens is 280 g/mol. The van der Waals surface area contributed by atoms with Crippen LogP contribution in [0.15, 0.2) is 15.7 Å². The molecular formula is C10H9ClN2O4S. The Kier molecular flexibility index (Phi) is 3.04. The first kappa shape index (κ1) is 12.8. The molecule has 96 valence electrons. The van der Waals surface area contributed by atoms with E-state index < -0.39 is 28.0 Å². The molecule has 2 aromatic rings. The average molecular weight is 289 g/mol. The highest BCUT2D eigenvalue weighted by Gasteiger charge is 2.18. The normalized spacial score (nSPS) is 12.8. The van der Waals surface area contributed by atoms with Gasteiger partial charge < -0.3 is 10.2 Å². The second-order valence-electron chi connectivity index (χ2n) is 3.73. The van der Waals surface area contributed by atoms with Crippen molar-refractivity contribution < 1.29 is 10.2 Å². The fourth-order valence-corrected chi connectivity index (χ4v) is 2.06. The van der Waals surface area contributed by atoms with Gasteiger partial charge in [0.1, 0.15) is 0 Å². The summed E-state index contributed by atoms with van der Waals surface area (Å²) in [4.78, 5) is 23.8. The number of halogens is 1. The van der Waals surface area contributed by atoms with Gasteiger partial charge in [-0.1, -0.05) is 11.6 Å². The maximum Gasteiger partial charge on any atom is 0.275 e. The quantitative estimate of drug-likeness (QED) is 0.468. The van der Waals surface area contributed by atoms with Gasteiger partial charge in [0.15, 0.2) is 11.5 Å². The molecule has 0 amide bonds. The first-order valence-electron chi connectivity index (χ1n) is 4.91. The number of H-pyrrole nitrogens is 1. The van der Waals surface area contributed by atoms with E-state index in [-0.39, 0.29) is 15.8 Å². The molecule has 1 heterocycles. The van der Waals surface area contributed by atoms with E-state index in [0.29, 0.717) is 0 Å². The third-order valence-corrected chi connectivity index (χ3v) is 3.09. The second-order valence-corrected chi connectivity index (χ2v) is 4.85. The second kappa shape index (κ2) is 4.25. The summed E-state index contributed by atoms with van der Waals surface area (Å²) in [6.45, 7) is 1.58. The number of fused-ring (bicyclic) bond motifs is 1. The lowest BCUT2D eigenvalue weighted by Crippen LogP contribution is -2.30. The minimum absolute atomic E-state index is 0.0921. The van der Waals surface area contributed by atoms with Crippen molar-refractivity contribution in [3.63, 3.8) is 0 Å². The summed E-state index contributed by atoms with van der Waals surface area (Å²) in [5, 5.41) is 20.0. The van der Waals surface area contributed by atoms with E-state index in [9.17, 15) is 19.8 Å². The van der Waals surface area contributed by atoms with Gasteiger partial charge in [0, 0.05) is 0 Å². The van der Waals surface area contributed by atoms with Crippen LogP contribution in [0.25, 0.3) is 10.8 Å². The van der Waals surface area contributed by atoms with Crippen LogP contribution in [0, 0.1) is 0 Å². The molecule has 0 aliphatic carbocycles. The fourth-order valence-electron chi connectivity index (χ4n) is 1.62. The van der Waals surface area contributed by atoms with E-state index in [4.69, 9.17) is 11.6 Å². The van der Waals surface area contributed by atoms with Crippen molar-refractivity contribution in [3.8, 4) is 11.5 Å². The Bertz CT molecular complexity index is 750. The van der Waals surface area contributed by atoms with Crippen LogP contribution in [0.4, 0.5) is 0 Å². The number of aromatic hydroxyl groups is 2. The number of nitrogens with one attached hydrogen (secondary N) is 1. The number of hydrogen-bond donors (Lipinski definition) is 4. The zero-order chi connectivity index (χ0) is 13.6. The summed E-state index contributed by atoms with van der Waals surface area (Å²) >= 11 is 9.83. The Labute approximate surface area is 111 Å². The SMILES string of the molecule is CC(S)n1[nH]c(=O)c2cc(O)c(O)c(Cl)c2c1=O. The number of aromatic nitrogens is 2. The third-order valence-electron chi connectivity index (χ3n) is 2.49. The highest BCUT2D eigenvalue weighted by Crippen LogP contribution is 2.36. The number of phenolic OH excluding ortho intramolecular Hbond substituents is 2. The highest BCUT2D eigenvalue weighted by molar-refractivity contribution is 7.80. The Morgan fingerprint density at radius 3 is 2.61 bits per heavy atom. The van der Waals surface area contributed by atoms with Crippen molar-refractivity contribution in [2.24, 2.45) is 0 Å². The Hall–Kier alpha value is -1.60. The number of hydrogen-bond acceptors (Lipinski definition) is 5. The van der Waals surface area contributed by atoms with Crippen LogP contribution in [0.5, 0.6) is 11.5 Å². The zero-order valence-corrected chi connectivity index (χ0v) is 10.8. The standard InChI is InChI=1S/C10H9ClN2O4S/c1-3(18)13-10(17)6-4(9(16)12-13)2-5(14)8(15)7(6)11/h2-3,14-15,18H,1H3,(H,12,16). The van der Waals surface area contributed by atoms with E-state index in [2.05, 4.69) is 17.7 Å². The van der Waals surface area contributed by atoms with Gasteiger partial charge in [0.2, 0.25) is 0 Å². The summed E-state index contributed by atoms with van der Waals surface area (Å²) in [5.41, 5.74) is -1.21. The van der Waals surface area contributed by atoms with Crippen LogP contribution in [0.1, 0.15) is 12.3 Å². The first-order chi connectivity index (χ1) is 8.34. The van der Waals surface area contributed by atoms with Gasteiger partial charge >= 0.3 is 0 Å². The summed E-state index contributed by atoms with van der Waals surface area (Å²) in [7, 11) is 0. The summed E-state index contributed by atoms with van der Waals surface area (Å²) < 4.78 is 0.982. The Morgan fingerprint density at radius 2 is 2.06 bits per heavy atom. The molecule has 0 fully saturated rings. The van der Waals surface area contributed by atoms with Crippen LogP contribution in [0.3, 0.4) is 0 Å². The monoisotopic (exact) mass is 288 g/mol. The summed E-state index contributed by atoms with van der Waals surface area (Å²) in [6.07, 6.45) is 0. The van der Waals surface area contributed by atoms with Crippen LogP contribution >= 0.6 is 24.2 Å². The minimum atomic E-state index is -0.634. The van der Waals surface area contributed by atoms with Crippen molar-refractivity contribution in [1.29, 1.82) is 0 Å². The largest absolute Gasteiger partial charge is 0.504 e. The van der Waals surface area contributed by atoms with Gasteiger partial charge in [0.05, 0.1) is 21.2 Å². The van der Waals surface area contributed by atoms with E-state index in [0.717, 1.165) is 10.7 Å². The molecule has 2 rings (SSSR count). The number of nitrogens with zero attached hydrogens (tertiary/aromatic N) is 1. The number of benzene rings is 1. The lowest BCUT2D eigenvalue weighted by atomic mass is 10.1. The molecule has 0 aliphatic heterocycles. The van der Waals surface area contributed by atoms with Crippen LogP contribution in [0.2, 0.25) is 5.02 Å². The molecule has 0 spiro atoms. The molecule has 0 saturated heterocycles. The molecule has 1 unspecified atom stereocenters. The van der Waals surface area contributed by atoms with Gasteiger partial charge in [-0.3, -0.25) is 14.7 Å². The zero-order valence-electron chi connectivity index (χ0n) is 9.14. The van der Waals surface area contributed by atoms with Crippen molar-refractivity contribution in [3.05, 3.63) is 31.8 Å². The number of rotatable bonds is 1. The highest BCUT2D eigenvalue weighted by atomic mass is 35.5. The van der Waals surface area contributed by atoms with Gasteiger partial charge in [-0.25, -0.2) is 4.68 Å². The maximum atomic E-state index is 12.1. The molecule has 1 aromatic carbocycles. The van der Waals surface area contributed by atoms with Gasteiger partial charge in [0.25, 0.3) is 11.1 Å². The van der Waals surface area contributed by atoms with Crippen LogP contribution < -0.4 is 11.1 Å². The molecule has 1 aromatic heterocycles. The minimum Gasteiger partial charge on any atom is -0.504 e. The predicted molar refractivity (Wildman–Crippen MR) is 70.9 cm³/mol. The van der Waals surface area contributed by atoms with Gasteiger partial charge in [-0.05, 0) is 13.0 Å². The first-order valence-corrected chi connectivity index (χ1v) is 5.81. The number of phenols is 2. The topological polar surface area (TPSA) is 95.3 Å². The van der Waals surface area contributed by atoms with Gasteiger partial charge in [-0.15, -0.1) is 0 Å². The molecule has 1 atom stereocenters. The average Bonchev–Trinajstić information content (AvgIpc) is 2.30. The van der Waals surface area contributed by atoms with E-state index in [1.54, 1.807) is 6.92 Å². The number of thiol groups is 1.